The topological polar surface area (TPSA) is 47.4 Å². The van der Waals surface area contributed by atoms with E-state index in [4.69, 9.17) is 4.74 Å². The lowest BCUT2D eigenvalue weighted by molar-refractivity contribution is 0.0642. The van der Waals surface area contributed by atoms with E-state index < -0.39 is 17.5 Å². The molecule has 0 aliphatic carbocycles. The summed E-state index contributed by atoms with van der Waals surface area (Å²) in [7, 11) is 3.20. The van der Waals surface area contributed by atoms with Gasteiger partial charge in [-0.3, -0.25) is 9.48 Å². The van der Waals surface area contributed by atoms with Crippen LogP contribution in [-0.2, 0) is 13.5 Å². The lowest BCUT2D eigenvalue weighted by Crippen LogP contribution is -2.41. The Bertz CT molecular complexity index is 1210. The summed E-state index contributed by atoms with van der Waals surface area (Å²) in [5.74, 6) is -2.69. The van der Waals surface area contributed by atoms with Gasteiger partial charge in [-0.15, -0.1) is 0 Å². The van der Waals surface area contributed by atoms with Crippen LogP contribution in [0.5, 0.6) is 5.75 Å². The predicted octanol–water partition coefficient (Wildman–Crippen LogP) is 4.42. The van der Waals surface area contributed by atoms with Gasteiger partial charge in [0.25, 0.3) is 5.91 Å². The van der Waals surface area contributed by atoms with Crippen LogP contribution >= 0.6 is 0 Å². The van der Waals surface area contributed by atoms with E-state index in [1.54, 1.807) is 38.4 Å². The molecule has 2 atom stereocenters. The number of aromatic nitrogens is 2. The van der Waals surface area contributed by atoms with Crippen molar-refractivity contribution in [2.45, 2.75) is 31.3 Å². The number of fused-ring (bicyclic) bond motifs is 4. The highest BCUT2D eigenvalue weighted by Gasteiger charge is 2.46. The minimum absolute atomic E-state index is 0.0258. The van der Waals surface area contributed by atoms with Gasteiger partial charge in [-0.1, -0.05) is 6.07 Å². The number of hydrogen-bond acceptors (Lipinski definition) is 3. The van der Waals surface area contributed by atoms with E-state index in [-0.39, 0.29) is 23.6 Å². The summed E-state index contributed by atoms with van der Waals surface area (Å²) in [5.41, 5.74) is 2.41. The third-order valence-electron chi connectivity index (χ3n) is 6.25. The molecule has 5 nitrogen and oxygen atoms in total. The van der Waals surface area contributed by atoms with Crippen molar-refractivity contribution in [2.24, 2.45) is 7.05 Å². The van der Waals surface area contributed by atoms with E-state index in [0.717, 1.165) is 24.5 Å². The number of amides is 1. The third kappa shape index (κ3) is 3.00. The van der Waals surface area contributed by atoms with Gasteiger partial charge in [-0.2, -0.15) is 5.10 Å². The standard InChI is InChI=1S/C23H20F3N3O2/c1-28-22(15-10-18(25)19(26)11-17(15)24)16-9-13-6-7-20(21(16)27-28)29(13)23(30)12-4-3-5-14(8-12)31-2/h3-5,8,10-11,13,20H,6-7,9H2,1-2H3/t13-,20+/m0/s1. The zero-order valence-electron chi connectivity index (χ0n) is 17.0. The molecule has 2 bridgehead atoms. The number of ether oxygens (including phenoxy) is 1. The molecule has 1 amide bonds. The molecule has 0 unspecified atom stereocenters. The lowest BCUT2D eigenvalue weighted by atomic mass is 9.94. The van der Waals surface area contributed by atoms with Gasteiger partial charge >= 0.3 is 0 Å². The van der Waals surface area contributed by atoms with Crippen LogP contribution in [0.25, 0.3) is 11.3 Å². The number of halogens is 3. The Labute approximate surface area is 177 Å². The highest BCUT2D eigenvalue weighted by molar-refractivity contribution is 5.95. The zero-order chi connectivity index (χ0) is 21.9. The van der Waals surface area contributed by atoms with Crippen molar-refractivity contribution in [3.63, 3.8) is 0 Å². The molecule has 1 saturated heterocycles. The summed E-state index contributed by atoms with van der Waals surface area (Å²) in [5, 5.41) is 4.57. The summed E-state index contributed by atoms with van der Waals surface area (Å²) >= 11 is 0. The van der Waals surface area contributed by atoms with Crippen molar-refractivity contribution in [2.75, 3.05) is 7.11 Å². The van der Waals surface area contributed by atoms with Crippen LogP contribution < -0.4 is 4.74 Å². The molecule has 0 radical (unpaired) electrons. The Morgan fingerprint density at radius 3 is 2.65 bits per heavy atom. The SMILES string of the molecule is COc1cccc(C(=O)N2[C@H]3CC[C@@H]2c2nn(C)c(-c4cc(F)c(F)cc4F)c2C3)c1. The largest absolute Gasteiger partial charge is 0.497 e. The van der Waals surface area contributed by atoms with Crippen LogP contribution in [0.4, 0.5) is 13.2 Å². The molecule has 2 aromatic carbocycles. The normalized spacial score (nSPS) is 19.5. The summed E-state index contributed by atoms with van der Waals surface area (Å²) in [4.78, 5) is 15.2. The molecule has 5 rings (SSSR count). The molecule has 8 heteroatoms. The fourth-order valence-corrected chi connectivity index (χ4v) is 4.90. The Balaban J connectivity index is 1.56. The maximum absolute atomic E-state index is 14.5. The van der Waals surface area contributed by atoms with Crippen LogP contribution in [0.3, 0.4) is 0 Å². The van der Waals surface area contributed by atoms with E-state index in [0.29, 0.717) is 35.2 Å². The van der Waals surface area contributed by atoms with Gasteiger partial charge < -0.3 is 9.64 Å². The highest BCUT2D eigenvalue weighted by Crippen LogP contribution is 2.47. The monoisotopic (exact) mass is 427 g/mol. The van der Waals surface area contributed by atoms with Gasteiger partial charge in [0, 0.05) is 35.8 Å². The highest BCUT2D eigenvalue weighted by atomic mass is 19.2. The fourth-order valence-electron chi connectivity index (χ4n) is 4.90. The molecule has 160 valence electrons. The molecular formula is C23H20F3N3O2. The number of nitrogens with zero attached hydrogens (tertiary/aromatic N) is 3. The van der Waals surface area contributed by atoms with Gasteiger partial charge in [-0.05, 0) is 43.5 Å². The molecule has 2 aliphatic heterocycles. The van der Waals surface area contributed by atoms with E-state index in [2.05, 4.69) is 5.10 Å². The summed E-state index contributed by atoms with van der Waals surface area (Å²) in [6.07, 6.45) is 2.01. The summed E-state index contributed by atoms with van der Waals surface area (Å²) in [6.45, 7) is 0. The lowest BCUT2D eigenvalue weighted by Gasteiger charge is -2.34. The number of methoxy groups -OCH3 is 1. The van der Waals surface area contributed by atoms with E-state index in [1.165, 1.54) is 4.68 Å². The van der Waals surface area contributed by atoms with Crippen molar-refractivity contribution in [3.05, 3.63) is 70.7 Å². The first kappa shape index (κ1) is 19.7. The Morgan fingerprint density at radius 2 is 1.87 bits per heavy atom. The van der Waals surface area contributed by atoms with Crippen LogP contribution in [0.2, 0.25) is 0 Å². The van der Waals surface area contributed by atoms with Crippen molar-refractivity contribution in [3.8, 4) is 17.0 Å². The minimum Gasteiger partial charge on any atom is -0.497 e. The average Bonchev–Trinajstić information content (AvgIpc) is 3.26. The summed E-state index contributed by atoms with van der Waals surface area (Å²) in [6, 6.07) is 8.11. The van der Waals surface area contributed by atoms with Crippen molar-refractivity contribution >= 4 is 5.91 Å². The first-order chi connectivity index (χ1) is 14.9. The van der Waals surface area contributed by atoms with Crippen molar-refractivity contribution in [1.82, 2.24) is 14.7 Å². The molecule has 1 fully saturated rings. The van der Waals surface area contributed by atoms with Crippen molar-refractivity contribution < 1.29 is 22.7 Å². The maximum Gasteiger partial charge on any atom is 0.254 e. The minimum atomic E-state index is -1.23. The number of carbonyl (C=O) groups excluding carboxylic acids is 1. The molecule has 3 aromatic rings. The second-order valence-corrected chi connectivity index (χ2v) is 7.98. The number of hydrogen-bond donors (Lipinski definition) is 0. The number of benzene rings is 2. The van der Waals surface area contributed by atoms with E-state index in [9.17, 15) is 18.0 Å². The number of rotatable bonds is 3. The van der Waals surface area contributed by atoms with Gasteiger partial charge in [0.15, 0.2) is 11.6 Å². The van der Waals surface area contributed by atoms with Crippen LogP contribution in [0, 0.1) is 17.5 Å². The van der Waals surface area contributed by atoms with Crippen molar-refractivity contribution in [1.29, 1.82) is 0 Å². The molecule has 0 N–H and O–H groups in total. The van der Waals surface area contributed by atoms with Crippen LogP contribution in [0.15, 0.2) is 36.4 Å². The number of aryl methyl sites for hydroxylation is 1. The first-order valence-electron chi connectivity index (χ1n) is 10.1. The maximum atomic E-state index is 14.5. The second kappa shape index (κ2) is 7.14. The Morgan fingerprint density at radius 1 is 1.10 bits per heavy atom. The van der Waals surface area contributed by atoms with Gasteiger partial charge in [0.2, 0.25) is 0 Å². The van der Waals surface area contributed by atoms with E-state index >= 15 is 0 Å². The van der Waals surface area contributed by atoms with Gasteiger partial charge in [0.05, 0.1) is 24.5 Å². The molecule has 3 heterocycles. The molecule has 2 aliphatic rings. The predicted molar refractivity (Wildman–Crippen MR) is 107 cm³/mol. The first-order valence-corrected chi connectivity index (χ1v) is 10.1. The molecule has 1 aromatic heterocycles. The Kier molecular flexibility index (Phi) is 4.53. The molecule has 31 heavy (non-hydrogen) atoms. The Hall–Kier alpha value is -3.29. The average molecular weight is 427 g/mol. The second-order valence-electron chi connectivity index (χ2n) is 7.98. The summed E-state index contributed by atoms with van der Waals surface area (Å²) < 4.78 is 48.6. The molecule has 0 saturated carbocycles. The zero-order valence-corrected chi connectivity index (χ0v) is 17.0. The van der Waals surface area contributed by atoms with Gasteiger partial charge in [-0.25, -0.2) is 13.2 Å². The molecular weight excluding hydrogens is 407 g/mol. The third-order valence-corrected chi connectivity index (χ3v) is 6.25. The van der Waals surface area contributed by atoms with Crippen LogP contribution in [0.1, 0.15) is 40.5 Å². The van der Waals surface area contributed by atoms with Crippen LogP contribution in [-0.4, -0.2) is 33.7 Å². The smallest absolute Gasteiger partial charge is 0.254 e. The fraction of sp³-hybridized carbons (Fsp3) is 0.304. The van der Waals surface area contributed by atoms with E-state index in [1.807, 2.05) is 4.90 Å². The number of carbonyl (C=O) groups is 1. The quantitative estimate of drug-likeness (QED) is 0.582. The molecule has 0 spiro atoms. The van der Waals surface area contributed by atoms with Gasteiger partial charge in [0.1, 0.15) is 11.6 Å².